The number of likely N-dealkylation sites (tertiary alicyclic amines) is 1. The third-order valence-electron chi connectivity index (χ3n) is 5.11. The van der Waals surface area contributed by atoms with Gasteiger partial charge in [0.2, 0.25) is 5.91 Å². The van der Waals surface area contributed by atoms with E-state index >= 15 is 0 Å². The summed E-state index contributed by atoms with van der Waals surface area (Å²) in [7, 11) is 0. The van der Waals surface area contributed by atoms with Crippen LogP contribution in [-0.2, 0) is 10.2 Å². The maximum Gasteiger partial charge on any atom is 0.219 e. The normalized spacial score (nSPS) is 22.7. The fourth-order valence-corrected chi connectivity index (χ4v) is 3.81. The van der Waals surface area contributed by atoms with E-state index in [-0.39, 0.29) is 11.3 Å². The van der Waals surface area contributed by atoms with Crippen molar-refractivity contribution >= 4 is 11.6 Å². The molecule has 3 nitrogen and oxygen atoms in total. The summed E-state index contributed by atoms with van der Waals surface area (Å²) in [6.45, 7) is 4.31. The van der Waals surface area contributed by atoms with Gasteiger partial charge in [-0.2, -0.15) is 0 Å². The second-order valence-electron chi connectivity index (χ2n) is 6.45. The Labute approximate surface area is 131 Å². The standard InChI is InChI=1S/C19H20N2O/c1-14(22)21-10-9-19(13-21)12-20-18-8-7-16(11-17(18)19)15-5-3-2-4-6-15/h2-8,11,20H,9-10,12-13H2,1H3. The molecule has 1 fully saturated rings. The summed E-state index contributed by atoms with van der Waals surface area (Å²) < 4.78 is 0. The van der Waals surface area contributed by atoms with E-state index in [1.165, 1.54) is 22.4 Å². The zero-order chi connectivity index (χ0) is 15.2. The van der Waals surface area contributed by atoms with Gasteiger partial charge in [-0.3, -0.25) is 4.79 Å². The second kappa shape index (κ2) is 4.87. The van der Waals surface area contributed by atoms with Crippen molar-refractivity contribution < 1.29 is 4.79 Å². The van der Waals surface area contributed by atoms with Crippen LogP contribution < -0.4 is 5.32 Å². The van der Waals surface area contributed by atoms with Gasteiger partial charge < -0.3 is 10.2 Å². The van der Waals surface area contributed by atoms with Crippen LogP contribution in [0.5, 0.6) is 0 Å². The largest absolute Gasteiger partial charge is 0.384 e. The zero-order valence-corrected chi connectivity index (χ0v) is 12.8. The number of amides is 1. The maximum absolute atomic E-state index is 11.7. The molecule has 0 bridgehead atoms. The molecular weight excluding hydrogens is 272 g/mol. The lowest BCUT2D eigenvalue weighted by Gasteiger charge is -2.24. The molecule has 2 aromatic rings. The summed E-state index contributed by atoms with van der Waals surface area (Å²) in [5, 5.41) is 3.53. The zero-order valence-electron chi connectivity index (χ0n) is 12.8. The molecule has 112 valence electrons. The van der Waals surface area contributed by atoms with Gasteiger partial charge in [-0.15, -0.1) is 0 Å². The lowest BCUT2D eigenvalue weighted by atomic mass is 9.80. The van der Waals surface area contributed by atoms with Crippen LogP contribution >= 0.6 is 0 Å². The summed E-state index contributed by atoms with van der Waals surface area (Å²) in [6, 6.07) is 17.2. The number of anilines is 1. The topological polar surface area (TPSA) is 32.3 Å². The van der Waals surface area contributed by atoms with Gasteiger partial charge in [0.15, 0.2) is 0 Å². The first-order valence-corrected chi connectivity index (χ1v) is 7.87. The van der Waals surface area contributed by atoms with Crippen molar-refractivity contribution in [1.82, 2.24) is 4.90 Å². The molecule has 1 unspecified atom stereocenters. The fourth-order valence-electron chi connectivity index (χ4n) is 3.81. The van der Waals surface area contributed by atoms with Crippen LogP contribution in [0.15, 0.2) is 48.5 Å². The predicted molar refractivity (Wildman–Crippen MR) is 88.9 cm³/mol. The maximum atomic E-state index is 11.7. The molecule has 3 heteroatoms. The summed E-state index contributed by atoms with van der Waals surface area (Å²) >= 11 is 0. The number of benzene rings is 2. The van der Waals surface area contributed by atoms with Gasteiger partial charge in [0.25, 0.3) is 0 Å². The van der Waals surface area contributed by atoms with Gasteiger partial charge in [-0.05, 0) is 35.2 Å². The molecule has 2 aliphatic rings. The molecule has 2 heterocycles. The smallest absolute Gasteiger partial charge is 0.219 e. The molecule has 1 spiro atoms. The SMILES string of the molecule is CC(=O)N1CCC2(CNc3ccc(-c4ccccc4)cc32)C1. The summed E-state index contributed by atoms with van der Waals surface area (Å²) in [6.07, 6.45) is 1.05. The molecule has 1 atom stereocenters. The van der Waals surface area contributed by atoms with E-state index in [9.17, 15) is 4.79 Å². The van der Waals surface area contributed by atoms with Gasteiger partial charge in [0.1, 0.15) is 0 Å². The molecular formula is C19H20N2O. The van der Waals surface area contributed by atoms with Gasteiger partial charge in [-0.25, -0.2) is 0 Å². The first-order chi connectivity index (χ1) is 10.7. The number of hydrogen-bond donors (Lipinski definition) is 1. The number of carbonyl (C=O) groups is 1. The third kappa shape index (κ3) is 2.00. The molecule has 0 radical (unpaired) electrons. The monoisotopic (exact) mass is 292 g/mol. The molecule has 22 heavy (non-hydrogen) atoms. The second-order valence-corrected chi connectivity index (χ2v) is 6.45. The van der Waals surface area contributed by atoms with Crippen molar-refractivity contribution in [3.63, 3.8) is 0 Å². The van der Waals surface area contributed by atoms with E-state index in [1.807, 2.05) is 11.0 Å². The van der Waals surface area contributed by atoms with Crippen molar-refractivity contribution in [2.24, 2.45) is 0 Å². The lowest BCUT2D eigenvalue weighted by molar-refractivity contribution is -0.127. The Morgan fingerprint density at radius 1 is 1.14 bits per heavy atom. The summed E-state index contributed by atoms with van der Waals surface area (Å²) in [5.74, 6) is 0.185. The van der Waals surface area contributed by atoms with Crippen LogP contribution in [0.4, 0.5) is 5.69 Å². The van der Waals surface area contributed by atoms with Crippen molar-refractivity contribution in [2.45, 2.75) is 18.8 Å². The summed E-state index contributed by atoms with van der Waals surface area (Å²) in [4.78, 5) is 13.7. The van der Waals surface area contributed by atoms with Crippen LogP contribution in [0.3, 0.4) is 0 Å². The average molecular weight is 292 g/mol. The first kappa shape index (κ1) is 13.4. The Balaban J connectivity index is 1.74. The summed E-state index contributed by atoms with van der Waals surface area (Å²) in [5.41, 5.74) is 5.19. The highest BCUT2D eigenvalue weighted by atomic mass is 16.2. The number of nitrogens with one attached hydrogen (secondary N) is 1. The van der Waals surface area contributed by atoms with Crippen molar-refractivity contribution in [1.29, 1.82) is 0 Å². The van der Waals surface area contributed by atoms with Crippen molar-refractivity contribution in [2.75, 3.05) is 25.0 Å². The Morgan fingerprint density at radius 3 is 2.68 bits per heavy atom. The number of fused-ring (bicyclic) bond motifs is 2. The minimum atomic E-state index is 0.0891. The number of carbonyl (C=O) groups excluding carboxylic acids is 1. The Morgan fingerprint density at radius 2 is 1.95 bits per heavy atom. The Bertz CT molecular complexity index is 725. The minimum Gasteiger partial charge on any atom is -0.384 e. The van der Waals surface area contributed by atoms with E-state index in [1.54, 1.807) is 6.92 Å². The number of rotatable bonds is 1. The molecule has 0 saturated carbocycles. The fraction of sp³-hybridized carbons (Fsp3) is 0.316. The van der Waals surface area contributed by atoms with E-state index in [0.717, 1.165) is 26.1 Å². The highest BCUT2D eigenvalue weighted by molar-refractivity contribution is 5.76. The van der Waals surface area contributed by atoms with Crippen LogP contribution in [0, 0.1) is 0 Å². The van der Waals surface area contributed by atoms with Gasteiger partial charge in [0, 0.05) is 37.7 Å². The minimum absolute atomic E-state index is 0.0891. The predicted octanol–water partition coefficient (Wildman–Crippen LogP) is 3.27. The molecule has 2 aliphatic heterocycles. The Hall–Kier alpha value is -2.29. The van der Waals surface area contributed by atoms with E-state index in [0.29, 0.717) is 0 Å². The van der Waals surface area contributed by atoms with Crippen LogP contribution in [0.2, 0.25) is 0 Å². The van der Waals surface area contributed by atoms with E-state index in [2.05, 4.69) is 47.8 Å². The Kier molecular flexibility index (Phi) is 2.96. The molecule has 2 aromatic carbocycles. The van der Waals surface area contributed by atoms with Crippen LogP contribution in [0.1, 0.15) is 18.9 Å². The highest BCUT2D eigenvalue weighted by Gasteiger charge is 2.45. The van der Waals surface area contributed by atoms with E-state index in [4.69, 9.17) is 0 Å². The number of hydrogen-bond acceptors (Lipinski definition) is 2. The van der Waals surface area contributed by atoms with Crippen molar-refractivity contribution in [3.05, 3.63) is 54.1 Å². The first-order valence-electron chi connectivity index (χ1n) is 7.87. The van der Waals surface area contributed by atoms with E-state index < -0.39 is 0 Å². The van der Waals surface area contributed by atoms with Gasteiger partial charge in [0.05, 0.1) is 0 Å². The van der Waals surface area contributed by atoms with Crippen LogP contribution in [-0.4, -0.2) is 30.4 Å². The lowest BCUT2D eigenvalue weighted by Crippen LogP contribution is -2.34. The molecule has 1 amide bonds. The van der Waals surface area contributed by atoms with Gasteiger partial charge in [-0.1, -0.05) is 36.4 Å². The molecule has 0 aliphatic carbocycles. The number of nitrogens with zero attached hydrogens (tertiary/aromatic N) is 1. The third-order valence-corrected chi connectivity index (χ3v) is 5.11. The molecule has 1 saturated heterocycles. The molecule has 4 rings (SSSR count). The van der Waals surface area contributed by atoms with Gasteiger partial charge >= 0.3 is 0 Å². The average Bonchev–Trinajstić information content (AvgIpc) is 3.14. The van der Waals surface area contributed by atoms with Crippen molar-refractivity contribution in [3.8, 4) is 11.1 Å². The quantitative estimate of drug-likeness (QED) is 0.875. The highest BCUT2D eigenvalue weighted by Crippen LogP contribution is 2.44. The molecule has 1 N–H and O–H groups in total. The van der Waals surface area contributed by atoms with Crippen LogP contribution in [0.25, 0.3) is 11.1 Å². The molecule has 0 aromatic heterocycles.